The Kier molecular flexibility index (Phi) is 4.97. The quantitative estimate of drug-likeness (QED) is 0.721. The van der Waals surface area contributed by atoms with Crippen LogP contribution in [0.2, 0.25) is 0 Å². The van der Waals surface area contributed by atoms with Crippen molar-refractivity contribution in [2.24, 2.45) is 11.8 Å². The molecule has 0 radical (unpaired) electrons. The van der Waals surface area contributed by atoms with E-state index in [-0.39, 0.29) is 11.8 Å². The van der Waals surface area contributed by atoms with Crippen molar-refractivity contribution >= 4 is 11.7 Å². The Balaban J connectivity index is 2.41. The first-order valence-corrected chi connectivity index (χ1v) is 6.54. The second-order valence-electron chi connectivity index (χ2n) is 5.37. The minimum Gasteiger partial charge on any atom is -0.352 e. The summed E-state index contributed by atoms with van der Waals surface area (Å²) >= 11 is 0. The lowest BCUT2D eigenvalue weighted by Gasteiger charge is -2.16. The van der Waals surface area contributed by atoms with Crippen molar-refractivity contribution in [2.75, 3.05) is 33.2 Å². The average Bonchev–Trinajstić information content (AvgIpc) is 2.59. The van der Waals surface area contributed by atoms with Gasteiger partial charge >= 0.3 is 0 Å². The molecule has 1 heterocycles. The van der Waals surface area contributed by atoms with E-state index < -0.39 is 0 Å². The van der Waals surface area contributed by atoms with Gasteiger partial charge in [0.05, 0.1) is 19.5 Å². The fraction of sp³-hybridized carbons (Fsp3) is 0.846. The lowest BCUT2D eigenvalue weighted by atomic mass is 10.2. The van der Waals surface area contributed by atoms with Crippen molar-refractivity contribution in [1.29, 1.82) is 0 Å². The number of carbonyl (C=O) groups is 1. The molecular weight excluding hydrogens is 214 g/mol. The maximum absolute atomic E-state index is 11.4. The molecule has 1 rings (SSSR count). The van der Waals surface area contributed by atoms with Crippen LogP contribution in [0.4, 0.5) is 0 Å². The molecule has 0 aromatic heterocycles. The monoisotopic (exact) mass is 240 g/mol. The Morgan fingerprint density at radius 3 is 2.59 bits per heavy atom. The molecule has 0 unspecified atom stereocenters. The van der Waals surface area contributed by atoms with Crippen LogP contribution < -0.4 is 5.32 Å². The van der Waals surface area contributed by atoms with Crippen molar-refractivity contribution in [3.8, 4) is 0 Å². The summed E-state index contributed by atoms with van der Waals surface area (Å²) in [6.07, 6.45) is 0. The summed E-state index contributed by atoms with van der Waals surface area (Å²) in [5.41, 5.74) is 0. The number of nitrogens with one attached hydrogen (secondary N) is 1. The number of nitrogens with zero attached hydrogens (tertiary/aromatic N) is 2. The summed E-state index contributed by atoms with van der Waals surface area (Å²) in [6.45, 7) is 12.1. The zero-order valence-corrected chi connectivity index (χ0v) is 11.8. The summed E-state index contributed by atoms with van der Waals surface area (Å²) < 4.78 is 2.31. The van der Waals surface area contributed by atoms with Gasteiger partial charge in [0.25, 0.3) is 0 Å². The van der Waals surface area contributed by atoms with Crippen LogP contribution in [-0.2, 0) is 4.79 Å². The average molecular weight is 240 g/mol. The Labute approximate surface area is 105 Å². The summed E-state index contributed by atoms with van der Waals surface area (Å²) in [7, 11) is 2.14. The fourth-order valence-electron chi connectivity index (χ4n) is 2.29. The Hall–Kier alpha value is -1.06. The van der Waals surface area contributed by atoms with Crippen LogP contribution in [0.5, 0.6) is 0 Å². The van der Waals surface area contributed by atoms with E-state index in [9.17, 15) is 4.79 Å². The molecule has 0 aliphatic carbocycles. The van der Waals surface area contributed by atoms with Gasteiger partial charge in [-0.1, -0.05) is 27.7 Å². The van der Waals surface area contributed by atoms with Gasteiger partial charge in [-0.3, -0.25) is 14.3 Å². The first kappa shape index (κ1) is 14.0. The van der Waals surface area contributed by atoms with Gasteiger partial charge in [-0.05, 0) is 0 Å². The predicted molar refractivity (Wildman–Crippen MR) is 70.3 cm³/mol. The number of carbonyl (C=O) groups excluding carboxylic acids is 1. The van der Waals surface area contributed by atoms with E-state index in [0.29, 0.717) is 5.92 Å². The van der Waals surface area contributed by atoms with Crippen LogP contribution >= 0.6 is 0 Å². The van der Waals surface area contributed by atoms with E-state index in [0.717, 1.165) is 26.2 Å². The smallest absolute Gasteiger partial charge is 0.249 e. The molecule has 0 fully saturated rings. The van der Waals surface area contributed by atoms with E-state index in [1.807, 2.05) is 13.8 Å². The molecule has 0 aromatic carbocycles. The van der Waals surface area contributed by atoms with Crippen molar-refractivity contribution in [2.45, 2.75) is 27.7 Å². The molecule has 17 heavy (non-hydrogen) atoms. The number of hydrogen-bond acceptors (Lipinski definition) is 2. The Morgan fingerprint density at radius 2 is 2.06 bits per heavy atom. The van der Waals surface area contributed by atoms with Crippen LogP contribution in [0.15, 0.2) is 0 Å². The topological polar surface area (TPSA) is 35.4 Å². The molecule has 0 saturated carbocycles. The molecule has 1 aliphatic rings. The highest BCUT2D eigenvalue weighted by atomic mass is 16.1. The van der Waals surface area contributed by atoms with Crippen LogP contribution in [-0.4, -0.2) is 54.4 Å². The van der Waals surface area contributed by atoms with Gasteiger partial charge in [0.15, 0.2) is 0 Å². The van der Waals surface area contributed by atoms with Crippen LogP contribution in [0.3, 0.4) is 0 Å². The highest BCUT2D eigenvalue weighted by Crippen LogP contribution is 2.08. The molecule has 4 nitrogen and oxygen atoms in total. The second-order valence-corrected chi connectivity index (χ2v) is 5.37. The zero-order chi connectivity index (χ0) is 13.0. The summed E-state index contributed by atoms with van der Waals surface area (Å²) in [5.74, 6) is 2.15. The maximum atomic E-state index is 11.4. The Bertz CT molecular complexity index is 308. The van der Waals surface area contributed by atoms with E-state index >= 15 is 0 Å². The van der Waals surface area contributed by atoms with Crippen LogP contribution in [0, 0.1) is 11.8 Å². The van der Waals surface area contributed by atoms with Gasteiger partial charge in [-0.15, -0.1) is 0 Å². The summed E-state index contributed by atoms with van der Waals surface area (Å²) in [5, 5.41) is 2.97. The lowest BCUT2D eigenvalue weighted by Crippen LogP contribution is -2.40. The third kappa shape index (κ3) is 3.72. The predicted octanol–water partition coefficient (Wildman–Crippen LogP) is 0.771. The SMILES string of the molecule is CC(C)C(=O)NCCN1CC[N+](C)=C1C(C)C. The lowest BCUT2D eigenvalue weighted by molar-refractivity contribution is -0.488. The largest absolute Gasteiger partial charge is 0.352 e. The van der Waals surface area contributed by atoms with E-state index in [4.69, 9.17) is 0 Å². The minimum absolute atomic E-state index is 0.0739. The van der Waals surface area contributed by atoms with Gasteiger partial charge in [0, 0.05) is 5.92 Å². The number of amidine groups is 1. The van der Waals surface area contributed by atoms with Crippen LogP contribution in [0.25, 0.3) is 0 Å². The first-order chi connectivity index (χ1) is 7.93. The van der Waals surface area contributed by atoms with E-state index in [1.165, 1.54) is 5.84 Å². The van der Waals surface area contributed by atoms with Gasteiger partial charge < -0.3 is 5.32 Å². The molecule has 0 saturated heterocycles. The fourth-order valence-corrected chi connectivity index (χ4v) is 2.29. The molecule has 1 aliphatic heterocycles. The van der Waals surface area contributed by atoms with Crippen LogP contribution in [0.1, 0.15) is 27.7 Å². The molecule has 0 atom stereocenters. The minimum atomic E-state index is 0.0739. The van der Waals surface area contributed by atoms with Gasteiger partial charge in [0.2, 0.25) is 11.7 Å². The first-order valence-electron chi connectivity index (χ1n) is 6.54. The van der Waals surface area contributed by atoms with Crippen molar-refractivity contribution in [3.05, 3.63) is 0 Å². The molecule has 1 amide bonds. The molecule has 1 N–H and O–H groups in total. The van der Waals surface area contributed by atoms with Crippen molar-refractivity contribution in [3.63, 3.8) is 0 Å². The van der Waals surface area contributed by atoms with Crippen molar-refractivity contribution in [1.82, 2.24) is 10.2 Å². The maximum Gasteiger partial charge on any atom is 0.249 e. The van der Waals surface area contributed by atoms with Gasteiger partial charge in [0.1, 0.15) is 19.6 Å². The highest BCUT2D eigenvalue weighted by molar-refractivity contribution is 5.80. The summed E-state index contributed by atoms with van der Waals surface area (Å²) in [4.78, 5) is 13.8. The summed E-state index contributed by atoms with van der Waals surface area (Å²) in [6, 6.07) is 0. The number of rotatable bonds is 5. The number of hydrogen-bond donors (Lipinski definition) is 1. The molecule has 98 valence electrons. The van der Waals surface area contributed by atoms with Gasteiger partial charge in [-0.2, -0.15) is 0 Å². The molecule has 0 bridgehead atoms. The van der Waals surface area contributed by atoms with Gasteiger partial charge in [-0.25, -0.2) is 0 Å². The molecular formula is C13H26N3O+. The van der Waals surface area contributed by atoms with E-state index in [1.54, 1.807) is 0 Å². The third-order valence-corrected chi connectivity index (χ3v) is 3.14. The molecule has 4 heteroatoms. The third-order valence-electron chi connectivity index (χ3n) is 3.14. The standard InChI is InChI=1S/C13H25N3O/c1-10(2)12(17)14-6-7-16-9-8-15(5)13(16)11(3)4/h10-11H,6-9H2,1-5H3/p+1. The van der Waals surface area contributed by atoms with E-state index in [2.05, 4.69) is 35.7 Å². The zero-order valence-electron chi connectivity index (χ0n) is 11.8. The molecule has 0 aromatic rings. The highest BCUT2D eigenvalue weighted by Gasteiger charge is 2.30. The number of amides is 1. The number of likely N-dealkylation sites (N-methyl/N-ethyl adjacent to an activating group) is 1. The Morgan fingerprint density at radius 1 is 1.41 bits per heavy atom. The molecule has 0 spiro atoms. The second kappa shape index (κ2) is 6.03. The normalized spacial score (nSPS) is 16.3. The van der Waals surface area contributed by atoms with Crippen molar-refractivity contribution < 1.29 is 9.37 Å².